The first kappa shape index (κ1) is 14.6. The van der Waals surface area contributed by atoms with Crippen molar-refractivity contribution in [2.24, 2.45) is 18.9 Å². The van der Waals surface area contributed by atoms with Gasteiger partial charge in [-0.05, 0) is 25.7 Å². The van der Waals surface area contributed by atoms with Crippen LogP contribution in [0.2, 0.25) is 0 Å². The number of aryl methyl sites for hydroxylation is 2. The fourth-order valence-corrected chi connectivity index (χ4v) is 3.92. The van der Waals surface area contributed by atoms with E-state index < -0.39 is 0 Å². The summed E-state index contributed by atoms with van der Waals surface area (Å²) < 4.78 is 1.87. The lowest BCUT2D eigenvalue weighted by Crippen LogP contribution is -2.30. The number of aromatic nitrogens is 5. The van der Waals surface area contributed by atoms with Crippen LogP contribution in [-0.4, -0.2) is 56.0 Å². The van der Waals surface area contributed by atoms with Crippen LogP contribution in [0.3, 0.4) is 0 Å². The Bertz CT molecular complexity index is 696. The second-order valence-electron chi connectivity index (χ2n) is 6.88. The molecule has 4 heterocycles. The van der Waals surface area contributed by atoms with E-state index in [1.807, 2.05) is 17.9 Å². The molecular weight excluding hydrogens is 290 g/mol. The van der Waals surface area contributed by atoms with Gasteiger partial charge in [-0.2, -0.15) is 0 Å². The van der Waals surface area contributed by atoms with Gasteiger partial charge >= 0.3 is 0 Å². The Labute approximate surface area is 136 Å². The average molecular weight is 313 g/mol. The second kappa shape index (κ2) is 5.56. The molecule has 122 valence electrons. The maximum absolute atomic E-state index is 4.52. The topological polar surface area (TPSA) is 63.0 Å². The highest BCUT2D eigenvalue weighted by Crippen LogP contribution is 2.34. The first-order valence-corrected chi connectivity index (χ1v) is 8.21. The number of hydrogen-bond donors (Lipinski definition) is 0. The van der Waals surface area contributed by atoms with E-state index >= 15 is 0 Å². The van der Waals surface area contributed by atoms with E-state index in [4.69, 9.17) is 0 Å². The maximum atomic E-state index is 4.52. The summed E-state index contributed by atoms with van der Waals surface area (Å²) in [5.41, 5.74) is 3.48. The number of rotatable bonds is 3. The third kappa shape index (κ3) is 2.59. The van der Waals surface area contributed by atoms with E-state index in [-0.39, 0.29) is 0 Å². The SMILES string of the molecule is Cc1ncnc(N2CC3CN(Cc4cnnn4C)CC3C2)c1C. The first-order chi connectivity index (χ1) is 11.1. The van der Waals surface area contributed by atoms with E-state index in [1.54, 1.807) is 6.33 Å². The Morgan fingerprint density at radius 3 is 2.48 bits per heavy atom. The Balaban J connectivity index is 1.42. The predicted molar refractivity (Wildman–Crippen MR) is 87.0 cm³/mol. The minimum absolute atomic E-state index is 0.728. The molecule has 2 fully saturated rings. The summed E-state index contributed by atoms with van der Waals surface area (Å²) >= 11 is 0. The highest BCUT2D eigenvalue weighted by Gasteiger charge is 2.40. The Hall–Kier alpha value is -2.02. The van der Waals surface area contributed by atoms with Crippen molar-refractivity contribution in [3.8, 4) is 0 Å². The van der Waals surface area contributed by atoms with Gasteiger partial charge in [0, 0.05) is 51.0 Å². The maximum Gasteiger partial charge on any atom is 0.135 e. The van der Waals surface area contributed by atoms with Gasteiger partial charge in [0.2, 0.25) is 0 Å². The Morgan fingerprint density at radius 2 is 1.83 bits per heavy atom. The standard InChI is InChI=1S/C16H23N7/c1-11-12(2)17-10-18-16(11)23-7-13-5-22(6-14(13)8-23)9-15-4-19-20-21(15)3/h4,10,13-14H,5-9H2,1-3H3. The number of anilines is 1. The molecule has 23 heavy (non-hydrogen) atoms. The number of nitrogens with zero attached hydrogens (tertiary/aromatic N) is 7. The van der Waals surface area contributed by atoms with Crippen LogP contribution in [0.1, 0.15) is 17.0 Å². The van der Waals surface area contributed by atoms with Gasteiger partial charge in [-0.1, -0.05) is 5.21 Å². The smallest absolute Gasteiger partial charge is 0.135 e. The van der Waals surface area contributed by atoms with Crippen molar-refractivity contribution in [1.29, 1.82) is 0 Å². The highest BCUT2D eigenvalue weighted by molar-refractivity contribution is 5.48. The van der Waals surface area contributed by atoms with Crippen molar-refractivity contribution in [2.75, 3.05) is 31.1 Å². The molecule has 2 aliphatic rings. The van der Waals surface area contributed by atoms with Gasteiger partial charge in [0.15, 0.2) is 0 Å². The van der Waals surface area contributed by atoms with Crippen LogP contribution in [-0.2, 0) is 13.6 Å². The Morgan fingerprint density at radius 1 is 1.09 bits per heavy atom. The van der Waals surface area contributed by atoms with Crippen LogP contribution in [0.5, 0.6) is 0 Å². The third-order valence-electron chi connectivity index (χ3n) is 5.36. The third-order valence-corrected chi connectivity index (χ3v) is 5.36. The quantitative estimate of drug-likeness (QED) is 0.835. The molecule has 2 saturated heterocycles. The van der Waals surface area contributed by atoms with Crippen LogP contribution in [0.25, 0.3) is 0 Å². The minimum atomic E-state index is 0.728. The van der Waals surface area contributed by atoms with Crippen LogP contribution in [0, 0.1) is 25.7 Å². The molecule has 0 N–H and O–H groups in total. The lowest BCUT2D eigenvalue weighted by atomic mass is 10.0. The zero-order valence-corrected chi connectivity index (χ0v) is 14.0. The summed E-state index contributed by atoms with van der Waals surface area (Å²) in [5.74, 6) is 2.58. The van der Waals surface area contributed by atoms with Gasteiger partial charge < -0.3 is 4.90 Å². The molecule has 2 unspecified atom stereocenters. The molecule has 0 aromatic carbocycles. The minimum Gasteiger partial charge on any atom is -0.356 e. The van der Waals surface area contributed by atoms with Gasteiger partial charge in [0.25, 0.3) is 0 Å². The molecule has 4 rings (SSSR count). The molecule has 0 saturated carbocycles. The van der Waals surface area contributed by atoms with E-state index in [2.05, 4.69) is 43.9 Å². The van der Waals surface area contributed by atoms with Gasteiger partial charge in [-0.3, -0.25) is 9.58 Å². The summed E-state index contributed by atoms with van der Waals surface area (Å²) in [7, 11) is 1.96. The van der Waals surface area contributed by atoms with Gasteiger partial charge in [0.05, 0.1) is 11.9 Å². The number of hydrogen-bond acceptors (Lipinski definition) is 6. The van der Waals surface area contributed by atoms with Crippen LogP contribution in [0.4, 0.5) is 5.82 Å². The van der Waals surface area contributed by atoms with Gasteiger partial charge in [0.1, 0.15) is 12.1 Å². The van der Waals surface area contributed by atoms with Crippen molar-refractivity contribution in [1.82, 2.24) is 29.9 Å². The van der Waals surface area contributed by atoms with Crippen molar-refractivity contribution >= 4 is 5.82 Å². The largest absolute Gasteiger partial charge is 0.356 e. The van der Waals surface area contributed by atoms with E-state index in [0.29, 0.717) is 0 Å². The van der Waals surface area contributed by atoms with Crippen LogP contribution < -0.4 is 4.90 Å². The molecule has 2 aromatic heterocycles. The summed E-state index contributed by atoms with van der Waals surface area (Å²) in [5, 5.41) is 7.99. The first-order valence-electron chi connectivity index (χ1n) is 8.21. The summed E-state index contributed by atoms with van der Waals surface area (Å²) in [6.45, 7) is 9.62. The lowest BCUT2D eigenvalue weighted by molar-refractivity contribution is 0.300. The number of fused-ring (bicyclic) bond motifs is 1. The van der Waals surface area contributed by atoms with Crippen LogP contribution in [0.15, 0.2) is 12.5 Å². The monoisotopic (exact) mass is 313 g/mol. The average Bonchev–Trinajstić information content (AvgIpc) is 3.18. The zero-order chi connectivity index (χ0) is 16.0. The molecule has 0 amide bonds. The molecule has 2 aliphatic heterocycles. The summed E-state index contributed by atoms with van der Waals surface area (Å²) in [6, 6.07) is 0. The molecule has 0 bridgehead atoms. The zero-order valence-electron chi connectivity index (χ0n) is 14.0. The molecule has 0 aliphatic carbocycles. The molecular formula is C16H23N7. The van der Waals surface area contributed by atoms with Crippen molar-refractivity contribution in [3.63, 3.8) is 0 Å². The van der Waals surface area contributed by atoms with Crippen molar-refractivity contribution in [2.45, 2.75) is 20.4 Å². The molecule has 2 aromatic rings. The van der Waals surface area contributed by atoms with Gasteiger partial charge in [-0.25, -0.2) is 9.97 Å². The van der Waals surface area contributed by atoms with E-state index in [9.17, 15) is 0 Å². The van der Waals surface area contributed by atoms with Gasteiger partial charge in [-0.15, -0.1) is 5.10 Å². The Kier molecular flexibility index (Phi) is 3.52. The highest BCUT2D eigenvalue weighted by atomic mass is 15.4. The second-order valence-corrected chi connectivity index (χ2v) is 6.88. The fraction of sp³-hybridized carbons (Fsp3) is 0.625. The fourth-order valence-electron chi connectivity index (χ4n) is 3.92. The summed E-state index contributed by atoms with van der Waals surface area (Å²) in [4.78, 5) is 13.8. The summed E-state index contributed by atoms with van der Waals surface area (Å²) in [6.07, 6.45) is 3.56. The van der Waals surface area contributed by atoms with Crippen molar-refractivity contribution in [3.05, 3.63) is 29.5 Å². The molecule has 7 nitrogen and oxygen atoms in total. The van der Waals surface area contributed by atoms with E-state index in [0.717, 1.165) is 56.1 Å². The van der Waals surface area contributed by atoms with Crippen molar-refractivity contribution < 1.29 is 0 Å². The van der Waals surface area contributed by atoms with E-state index in [1.165, 1.54) is 11.3 Å². The predicted octanol–water partition coefficient (Wildman–Crippen LogP) is 0.790. The lowest BCUT2D eigenvalue weighted by Gasteiger charge is -2.23. The number of likely N-dealkylation sites (tertiary alicyclic amines) is 1. The molecule has 0 radical (unpaired) electrons. The molecule has 2 atom stereocenters. The normalized spacial score (nSPS) is 24.4. The molecule has 7 heteroatoms. The van der Waals surface area contributed by atoms with Crippen LogP contribution >= 0.6 is 0 Å². The molecule has 0 spiro atoms.